The number of hydrogen-bond acceptors (Lipinski definition) is 3. The normalized spacial score (nSPS) is 20.2. The first-order chi connectivity index (χ1) is 11.4. The molecule has 1 saturated heterocycles. The minimum absolute atomic E-state index is 0.0337. The van der Waals surface area contributed by atoms with E-state index in [4.69, 9.17) is 4.74 Å². The van der Waals surface area contributed by atoms with E-state index >= 15 is 0 Å². The van der Waals surface area contributed by atoms with E-state index < -0.39 is 17.2 Å². The number of ether oxygens (including phenoxy) is 1. The van der Waals surface area contributed by atoms with Gasteiger partial charge in [-0.1, -0.05) is 6.07 Å². The van der Waals surface area contributed by atoms with Crippen molar-refractivity contribution in [1.82, 2.24) is 10.2 Å². The van der Waals surface area contributed by atoms with Gasteiger partial charge in [-0.2, -0.15) is 0 Å². The number of nitrogens with zero attached hydrogens (tertiary/aromatic N) is 1. The van der Waals surface area contributed by atoms with Crippen LogP contribution >= 0.6 is 0 Å². The predicted molar refractivity (Wildman–Crippen MR) is 84.0 cm³/mol. The van der Waals surface area contributed by atoms with E-state index in [1.54, 1.807) is 4.90 Å². The van der Waals surface area contributed by atoms with Gasteiger partial charge in [-0.3, -0.25) is 9.59 Å². The maximum Gasteiger partial charge on any atom is 0.222 e. The molecule has 24 heavy (non-hydrogen) atoms. The average molecular weight is 340 g/mol. The molecule has 2 amide bonds. The van der Waals surface area contributed by atoms with Gasteiger partial charge >= 0.3 is 0 Å². The molecule has 0 aromatic heterocycles. The van der Waals surface area contributed by atoms with E-state index in [9.17, 15) is 18.4 Å². The molecule has 1 aliphatic heterocycles. The van der Waals surface area contributed by atoms with Crippen molar-refractivity contribution in [3.8, 4) is 0 Å². The van der Waals surface area contributed by atoms with Crippen LogP contribution in [0.15, 0.2) is 18.2 Å². The summed E-state index contributed by atoms with van der Waals surface area (Å²) in [5.41, 5.74) is -0.452. The molecule has 0 unspecified atom stereocenters. The van der Waals surface area contributed by atoms with Gasteiger partial charge in [0.05, 0.1) is 18.6 Å². The molecule has 7 heteroatoms. The van der Waals surface area contributed by atoms with Crippen molar-refractivity contribution in [1.29, 1.82) is 0 Å². The fourth-order valence-corrected chi connectivity index (χ4v) is 3.30. The summed E-state index contributed by atoms with van der Waals surface area (Å²) in [6.45, 7) is 2.30. The van der Waals surface area contributed by atoms with Gasteiger partial charge in [-0.05, 0) is 18.9 Å². The number of halogens is 2. The van der Waals surface area contributed by atoms with Crippen molar-refractivity contribution >= 4 is 11.8 Å². The first-order valence-corrected chi connectivity index (χ1v) is 7.86. The number of nitrogens with one attached hydrogen (secondary N) is 1. The van der Waals surface area contributed by atoms with Crippen LogP contribution in [0, 0.1) is 11.6 Å². The quantitative estimate of drug-likeness (QED) is 0.862. The van der Waals surface area contributed by atoms with Crippen LogP contribution in [0.5, 0.6) is 0 Å². The summed E-state index contributed by atoms with van der Waals surface area (Å²) in [6, 6.07) is 3.22. The number of amides is 2. The third kappa shape index (κ3) is 4.08. The standard InChI is InChI=1S/C17H22F2N2O3/c1-12(22)21-7-3-6-17(21,11-24-2)9-16(23)20-10-13-4-5-14(18)8-15(13)19/h4-5,8H,3,6-7,9-11H2,1-2H3,(H,20,23)/t17-/m0/s1. The summed E-state index contributed by atoms with van der Waals surface area (Å²) >= 11 is 0. The van der Waals surface area contributed by atoms with Gasteiger partial charge in [-0.15, -0.1) is 0 Å². The number of hydrogen-bond donors (Lipinski definition) is 1. The smallest absolute Gasteiger partial charge is 0.222 e. The zero-order valence-electron chi connectivity index (χ0n) is 13.9. The minimum Gasteiger partial charge on any atom is -0.382 e. The molecule has 2 rings (SSSR count). The van der Waals surface area contributed by atoms with Gasteiger partial charge in [0.1, 0.15) is 11.6 Å². The Morgan fingerprint density at radius 2 is 2.12 bits per heavy atom. The third-order valence-corrected chi connectivity index (χ3v) is 4.37. The van der Waals surface area contributed by atoms with Crippen LogP contribution in [0.3, 0.4) is 0 Å². The average Bonchev–Trinajstić information content (AvgIpc) is 2.90. The highest BCUT2D eigenvalue weighted by Crippen LogP contribution is 2.33. The van der Waals surface area contributed by atoms with Crippen LogP contribution in [0.1, 0.15) is 31.7 Å². The lowest BCUT2D eigenvalue weighted by atomic mass is 9.92. The van der Waals surface area contributed by atoms with E-state index in [1.165, 1.54) is 20.1 Å². The van der Waals surface area contributed by atoms with Crippen molar-refractivity contribution in [3.63, 3.8) is 0 Å². The van der Waals surface area contributed by atoms with E-state index in [1.807, 2.05) is 0 Å². The van der Waals surface area contributed by atoms with Gasteiger partial charge < -0.3 is 15.0 Å². The maximum absolute atomic E-state index is 13.6. The molecule has 1 heterocycles. The van der Waals surface area contributed by atoms with Gasteiger partial charge in [0.15, 0.2) is 0 Å². The minimum atomic E-state index is -0.701. The Morgan fingerprint density at radius 1 is 1.38 bits per heavy atom. The lowest BCUT2D eigenvalue weighted by molar-refractivity contribution is -0.137. The van der Waals surface area contributed by atoms with Crippen molar-refractivity contribution in [3.05, 3.63) is 35.4 Å². The number of carbonyl (C=O) groups is 2. The Bertz CT molecular complexity index is 624. The molecule has 1 aliphatic rings. The number of methoxy groups -OCH3 is 1. The molecule has 1 aromatic rings. The van der Waals surface area contributed by atoms with Crippen molar-refractivity contribution in [2.75, 3.05) is 20.3 Å². The number of rotatable bonds is 6. The zero-order chi connectivity index (χ0) is 17.7. The number of likely N-dealkylation sites (tertiary alicyclic amines) is 1. The fraction of sp³-hybridized carbons (Fsp3) is 0.529. The molecule has 1 aromatic carbocycles. The summed E-state index contributed by atoms with van der Waals surface area (Å²) < 4.78 is 31.7. The Labute approximate surface area is 140 Å². The lowest BCUT2D eigenvalue weighted by Crippen LogP contribution is -2.52. The van der Waals surface area contributed by atoms with E-state index in [0.29, 0.717) is 13.0 Å². The summed E-state index contributed by atoms with van der Waals surface area (Å²) in [5.74, 6) is -1.76. The Kier molecular flexibility index (Phi) is 5.88. The molecule has 0 radical (unpaired) electrons. The second-order valence-corrected chi connectivity index (χ2v) is 6.12. The Hall–Kier alpha value is -2.02. The molecule has 0 aliphatic carbocycles. The Morgan fingerprint density at radius 3 is 2.75 bits per heavy atom. The predicted octanol–water partition coefficient (Wildman–Crippen LogP) is 2.00. The summed E-state index contributed by atoms with van der Waals surface area (Å²) in [7, 11) is 1.53. The number of carbonyl (C=O) groups excluding carboxylic acids is 2. The first kappa shape index (κ1) is 18.3. The zero-order valence-corrected chi connectivity index (χ0v) is 13.9. The largest absolute Gasteiger partial charge is 0.382 e. The molecule has 0 bridgehead atoms. The van der Waals surface area contributed by atoms with Crippen LogP contribution in [-0.2, 0) is 20.9 Å². The second kappa shape index (κ2) is 7.70. The van der Waals surface area contributed by atoms with E-state index in [0.717, 1.165) is 18.6 Å². The van der Waals surface area contributed by atoms with E-state index in [-0.39, 0.29) is 37.0 Å². The molecule has 5 nitrogen and oxygen atoms in total. The van der Waals surface area contributed by atoms with Crippen LogP contribution in [0.25, 0.3) is 0 Å². The fourth-order valence-electron chi connectivity index (χ4n) is 3.30. The van der Waals surface area contributed by atoms with Crippen LogP contribution in [-0.4, -0.2) is 42.5 Å². The molecule has 1 fully saturated rings. The lowest BCUT2D eigenvalue weighted by Gasteiger charge is -2.37. The highest BCUT2D eigenvalue weighted by molar-refractivity contribution is 5.80. The topological polar surface area (TPSA) is 58.6 Å². The summed E-state index contributed by atoms with van der Waals surface area (Å²) in [6.07, 6.45) is 1.57. The Balaban J connectivity index is 2.02. The monoisotopic (exact) mass is 340 g/mol. The van der Waals surface area contributed by atoms with Gasteiger partial charge in [0, 0.05) is 38.8 Å². The maximum atomic E-state index is 13.6. The van der Waals surface area contributed by atoms with Gasteiger partial charge in [0.2, 0.25) is 11.8 Å². The van der Waals surface area contributed by atoms with E-state index in [2.05, 4.69) is 5.32 Å². The van der Waals surface area contributed by atoms with Gasteiger partial charge in [-0.25, -0.2) is 8.78 Å². The van der Waals surface area contributed by atoms with Gasteiger partial charge in [0.25, 0.3) is 0 Å². The van der Waals surface area contributed by atoms with Crippen molar-refractivity contribution < 1.29 is 23.1 Å². The van der Waals surface area contributed by atoms with Crippen LogP contribution < -0.4 is 5.32 Å². The van der Waals surface area contributed by atoms with Crippen molar-refractivity contribution in [2.24, 2.45) is 0 Å². The molecule has 0 spiro atoms. The highest BCUT2D eigenvalue weighted by Gasteiger charge is 2.44. The second-order valence-electron chi connectivity index (χ2n) is 6.12. The molecular weight excluding hydrogens is 318 g/mol. The molecule has 0 saturated carbocycles. The molecule has 1 atom stereocenters. The third-order valence-electron chi connectivity index (χ3n) is 4.37. The van der Waals surface area contributed by atoms with Crippen LogP contribution in [0.2, 0.25) is 0 Å². The SMILES string of the molecule is COC[C@@]1(CC(=O)NCc2ccc(F)cc2F)CCCN1C(C)=O. The molecular formula is C17H22F2N2O3. The number of benzene rings is 1. The first-order valence-electron chi connectivity index (χ1n) is 7.86. The summed E-state index contributed by atoms with van der Waals surface area (Å²) in [5, 5.41) is 2.63. The molecule has 1 N–H and O–H groups in total. The molecule has 132 valence electrons. The van der Waals surface area contributed by atoms with Crippen molar-refractivity contribution in [2.45, 2.75) is 38.3 Å². The highest BCUT2D eigenvalue weighted by atomic mass is 19.1. The summed E-state index contributed by atoms with van der Waals surface area (Å²) in [4.78, 5) is 25.8. The van der Waals surface area contributed by atoms with Crippen LogP contribution in [0.4, 0.5) is 8.78 Å².